The molecule has 10 nitrogen and oxygen atoms in total. The lowest BCUT2D eigenvalue weighted by atomic mass is 10.00. The standard InChI is InChI=1S/C20H18N4O2S3.2C2HF3O2/c1-11-6-15-16(24-10-23-15)8-14(11)12-4-3-5-13(7-12)29(25,26)18-9-17(19(21)22)28-20(18)27-2;2*3-2(4,5)1(6)7/h3-10H,1-2H3,(H3,21,22)(H,23,24);2*(H,6,7). The number of carbonyl (C=O) groups is 2. The molecule has 43 heavy (non-hydrogen) atoms. The summed E-state index contributed by atoms with van der Waals surface area (Å²) in [7, 11) is -3.75. The third kappa shape index (κ3) is 8.94. The molecule has 0 saturated heterocycles. The Bertz CT molecular complexity index is 1740. The van der Waals surface area contributed by atoms with Gasteiger partial charge in [-0.2, -0.15) is 26.3 Å². The van der Waals surface area contributed by atoms with Crippen LogP contribution in [-0.2, 0) is 19.4 Å². The van der Waals surface area contributed by atoms with Crippen molar-refractivity contribution in [2.75, 3.05) is 6.26 Å². The average molecular weight is 671 g/mol. The first kappa shape index (κ1) is 35.1. The van der Waals surface area contributed by atoms with E-state index in [0.717, 1.165) is 27.7 Å². The zero-order valence-electron chi connectivity index (χ0n) is 21.7. The van der Waals surface area contributed by atoms with Crippen molar-refractivity contribution < 1.29 is 54.6 Å². The van der Waals surface area contributed by atoms with Crippen molar-refractivity contribution in [3.05, 3.63) is 59.2 Å². The van der Waals surface area contributed by atoms with Gasteiger partial charge in [-0.05, 0) is 60.2 Å². The Hall–Kier alpha value is -4.10. The molecule has 232 valence electrons. The average Bonchev–Trinajstić information content (AvgIpc) is 3.55. The Morgan fingerprint density at radius 3 is 2.07 bits per heavy atom. The van der Waals surface area contributed by atoms with Gasteiger partial charge in [0.1, 0.15) is 5.84 Å². The Kier molecular flexibility index (Phi) is 11.0. The topological polar surface area (TPSA) is 187 Å². The number of nitrogen functional groups attached to an aromatic ring is 1. The van der Waals surface area contributed by atoms with Crippen molar-refractivity contribution in [3.8, 4) is 11.1 Å². The fourth-order valence-corrected chi connectivity index (χ4v) is 7.08. The molecule has 0 aliphatic carbocycles. The smallest absolute Gasteiger partial charge is 0.475 e. The number of carboxylic acids is 2. The molecule has 0 atom stereocenters. The number of alkyl halides is 6. The van der Waals surface area contributed by atoms with Crippen LogP contribution in [0.2, 0.25) is 0 Å². The molecule has 0 radical (unpaired) electrons. The van der Waals surface area contributed by atoms with Gasteiger partial charge in [0.25, 0.3) is 0 Å². The molecular formula is C24H20F6N4O6S3. The molecule has 0 bridgehead atoms. The van der Waals surface area contributed by atoms with Crippen LogP contribution in [0.25, 0.3) is 22.2 Å². The van der Waals surface area contributed by atoms with Gasteiger partial charge in [0, 0.05) is 0 Å². The zero-order chi connectivity index (χ0) is 32.9. The predicted octanol–water partition coefficient (Wildman–Crippen LogP) is 5.71. The molecule has 0 fully saturated rings. The van der Waals surface area contributed by atoms with Crippen molar-refractivity contribution in [1.82, 2.24) is 9.97 Å². The van der Waals surface area contributed by atoms with Gasteiger partial charge in [-0.15, -0.1) is 23.1 Å². The van der Waals surface area contributed by atoms with E-state index in [4.69, 9.17) is 30.9 Å². The lowest BCUT2D eigenvalue weighted by Crippen LogP contribution is -2.21. The van der Waals surface area contributed by atoms with Gasteiger partial charge in [-0.1, -0.05) is 12.1 Å². The monoisotopic (exact) mass is 670 g/mol. The minimum Gasteiger partial charge on any atom is -0.475 e. The van der Waals surface area contributed by atoms with Crippen LogP contribution in [0.4, 0.5) is 26.3 Å². The predicted molar refractivity (Wildman–Crippen MR) is 146 cm³/mol. The number of rotatable bonds is 5. The normalized spacial score (nSPS) is 11.6. The quantitative estimate of drug-likeness (QED) is 0.0768. The number of thioether (sulfide) groups is 1. The Morgan fingerprint density at radius 1 is 1.02 bits per heavy atom. The molecule has 0 amide bonds. The summed E-state index contributed by atoms with van der Waals surface area (Å²) in [6, 6.07) is 12.4. The molecule has 2 aromatic carbocycles. The third-order valence-electron chi connectivity index (χ3n) is 5.11. The van der Waals surface area contributed by atoms with E-state index >= 15 is 0 Å². The molecule has 19 heteroatoms. The number of benzene rings is 2. The van der Waals surface area contributed by atoms with E-state index in [1.807, 2.05) is 31.4 Å². The number of halogens is 6. The molecule has 0 saturated carbocycles. The highest BCUT2D eigenvalue weighted by molar-refractivity contribution is 8.01. The summed E-state index contributed by atoms with van der Waals surface area (Å²) in [5, 5.41) is 21.9. The maximum Gasteiger partial charge on any atom is 0.490 e. The van der Waals surface area contributed by atoms with Gasteiger partial charge in [0.2, 0.25) is 9.84 Å². The fourth-order valence-electron chi connectivity index (χ4n) is 3.18. The van der Waals surface area contributed by atoms with Crippen LogP contribution in [0, 0.1) is 12.3 Å². The zero-order valence-corrected chi connectivity index (χ0v) is 24.1. The van der Waals surface area contributed by atoms with Crippen LogP contribution in [0.3, 0.4) is 0 Å². The number of H-pyrrole nitrogens is 1. The maximum absolute atomic E-state index is 13.4. The summed E-state index contributed by atoms with van der Waals surface area (Å²) in [6.45, 7) is 1.98. The van der Waals surface area contributed by atoms with Crippen LogP contribution in [0.1, 0.15) is 10.4 Å². The Morgan fingerprint density at radius 2 is 1.58 bits per heavy atom. The molecule has 2 aromatic heterocycles. The van der Waals surface area contributed by atoms with E-state index in [-0.39, 0.29) is 15.6 Å². The first-order valence-corrected chi connectivity index (χ1v) is 14.6. The number of carboxylic acid groups (broad SMARTS) is 2. The van der Waals surface area contributed by atoms with Gasteiger partial charge >= 0.3 is 24.3 Å². The molecule has 0 unspecified atom stereocenters. The van der Waals surface area contributed by atoms with Gasteiger partial charge in [-0.3, -0.25) is 5.41 Å². The highest BCUT2D eigenvalue weighted by Crippen LogP contribution is 2.38. The van der Waals surface area contributed by atoms with Crippen molar-refractivity contribution in [1.29, 1.82) is 5.41 Å². The summed E-state index contributed by atoms with van der Waals surface area (Å²) in [4.78, 5) is 26.0. The number of aryl methyl sites for hydroxylation is 1. The number of nitrogens with two attached hydrogens (primary N) is 1. The van der Waals surface area contributed by atoms with Crippen molar-refractivity contribution in [2.24, 2.45) is 5.73 Å². The second-order valence-corrected chi connectivity index (χ2v) is 12.1. The third-order valence-corrected chi connectivity index (χ3v) is 9.45. The Balaban J connectivity index is 0.000000384. The van der Waals surface area contributed by atoms with E-state index in [9.17, 15) is 34.8 Å². The number of aliphatic carboxylic acids is 2. The lowest BCUT2D eigenvalue weighted by Gasteiger charge is -2.10. The summed E-state index contributed by atoms with van der Waals surface area (Å²) < 4.78 is 90.8. The number of imidazole rings is 1. The molecule has 0 spiro atoms. The summed E-state index contributed by atoms with van der Waals surface area (Å²) in [6.07, 6.45) is -6.71. The number of nitrogens with one attached hydrogen (secondary N) is 2. The highest BCUT2D eigenvalue weighted by Gasteiger charge is 2.38. The molecule has 4 rings (SSSR count). The number of thiophene rings is 1. The number of amidine groups is 1. The molecule has 6 N–H and O–H groups in total. The minimum atomic E-state index is -5.08. The fraction of sp³-hybridized carbons (Fsp3) is 0.167. The first-order chi connectivity index (χ1) is 19.7. The van der Waals surface area contributed by atoms with Crippen molar-refractivity contribution in [2.45, 2.75) is 33.3 Å². The minimum absolute atomic E-state index is 0.135. The van der Waals surface area contributed by atoms with Crippen LogP contribution < -0.4 is 5.73 Å². The number of aromatic amines is 1. The number of sulfone groups is 1. The second-order valence-electron chi connectivity index (χ2n) is 8.10. The maximum atomic E-state index is 13.4. The SMILES string of the molecule is CSc1sc(C(=N)N)cc1S(=O)(=O)c1cccc(-c2cc3[nH]cnc3cc2C)c1.O=C(O)C(F)(F)F.O=C(O)C(F)(F)F. The van der Waals surface area contributed by atoms with Gasteiger partial charge in [-0.25, -0.2) is 23.0 Å². The molecule has 2 heterocycles. The van der Waals surface area contributed by atoms with E-state index in [2.05, 4.69) is 9.97 Å². The second kappa shape index (κ2) is 13.5. The van der Waals surface area contributed by atoms with Crippen molar-refractivity contribution in [3.63, 3.8) is 0 Å². The van der Waals surface area contributed by atoms with Gasteiger partial charge in [0.05, 0.1) is 36.2 Å². The molecular weight excluding hydrogens is 650 g/mol. The first-order valence-electron chi connectivity index (χ1n) is 11.1. The summed E-state index contributed by atoms with van der Waals surface area (Å²) >= 11 is 2.55. The van der Waals surface area contributed by atoms with Gasteiger partial charge in [0.15, 0.2) is 0 Å². The van der Waals surface area contributed by atoms with Crippen LogP contribution in [0.15, 0.2) is 62.8 Å². The summed E-state index contributed by atoms with van der Waals surface area (Å²) in [5.41, 5.74) is 10.1. The van der Waals surface area contributed by atoms with E-state index in [1.54, 1.807) is 24.5 Å². The number of hydrogen-bond donors (Lipinski definition) is 5. The van der Waals surface area contributed by atoms with Gasteiger partial charge < -0.3 is 20.9 Å². The number of fused-ring (bicyclic) bond motifs is 1. The summed E-state index contributed by atoms with van der Waals surface area (Å²) in [5.74, 6) is -5.65. The van der Waals surface area contributed by atoms with E-state index in [1.165, 1.54) is 29.2 Å². The number of nitrogens with zero attached hydrogens (tertiary/aromatic N) is 1. The number of aromatic nitrogens is 2. The largest absolute Gasteiger partial charge is 0.490 e. The Labute approximate surface area is 247 Å². The van der Waals surface area contributed by atoms with Crippen LogP contribution in [-0.4, -0.2) is 65.0 Å². The van der Waals surface area contributed by atoms with E-state index < -0.39 is 34.1 Å². The van der Waals surface area contributed by atoms with E-state index in [0.29, 0.717) is 9.09 Å². The molecule has 0 aliphatic rings. The molecule has 0 aliphatic heterocycles. The van der Waals surface area contributed by atoms with Crippen LogP contribution in [0.5, 0.6) is 0 Å². The number of hydrogen-bond acceptors (Lipinski definition) is 8. The lowest BCUT2D eigenvalue weighted by molar-refractivity contribution is -0.193. The highest BCUT2D eigenvalue weighted by atomic mass is 32.2. The molecule has 4 aromatic rings. The van der Waals surface area contributed by atoms with Crippen molar-refractivity contribution >= 4 is 61.7 Å². The van der Waals surface area contributed by atoms with Crippen LogP contribution >= 0.6 is 23.1 Å².